The molecule has 1 aliphatic rings. The number of rotatable bonds is 23. The largest absolute Gasteiger partial charge is 0.451 e. The van der Waals surface area contributed by atoms with Crippen LogP contribution in [0.2, 0.25) is 0 Å². The number of benzene rings is 1. The van der Waals surface area contributed by atoms with Gasteiger partial charge in [-0.05, 0) is 74.8 Å². The smallest absolute Gasteiger partial charge is 0.329 e. The molecule has 0 aliphatic carbocycles. The van der Waals surface area contributed by atoms with Crippen LogP contribution in [-0.4, -0.2) is 151 Å². The average Bonchev–Trinajstić information content (AvgIpc) is 3.73. The van der Waals surface area contributed by atoms with Crippen LogP contribution in [0.5, 0.6) is 0 Å². The van der Waals surface area contributed by atoms with E-state index in [0.29, 0.717) is 5.56 Å². The SMILES string of the molecule is CCCC[C@@H](C)C[C@@H]1NC(=O)[C@H](Cc2cn(OC)c3ccccc23)N(C)C(=O)[C@H](CC(C)C)NC(=O)[C@H](CC(C)C)N(C)C(=O)[C@H](C[C@H](C)CCCC)NC(=O)C(CCC(=O)OCOCC)OC(=O)C(C)N(C)C1=O. The zero-order valence-electron chi connectivity index (χ0n) is 47.5. The second-order valence-electron chi connectivity index (χ2n) is 21.4. The van der Waals surface area contributed by atoms with Crippen molar-refractivity contribution in [3.05, 3.63) is 36.0 Å². The lowest BCUT2D eigenvalue weighted by atomic mass is 9.94. The van der Waals surface area contributed by atoms with Crippen molar-refractivity contribution in [2.45, 2.75) is 195 Å². The van der Waals surface area contributed by atoms with Crippen molar-refractivity contribution in [1.29, 1.82) is 0 Å². The minimum Gasteiger partial charge on any atom is -0.451 e. The van der Waals surface area contributed by atoms with E-state index in [1.54, 1.807) is 17.9 Å². The van der Waals surface area contributed by atoms with E-state index in [-0.39, 0.29) is 82.0 Å². The van der Waals surface area contributed by atoms with E-state index in [0.717, 1.165) is 54.3 Å². The van der Waals surface area contributed by atoms with Gasteiger partial charge >= 0.3 is 11.9 Å². The van der Waals surface area contributed by atoms with Crippen LogP contribution >= 0.6 is 0 Å². The van der Waals surface area contributed by atoms with Gasteiger partial charge in [0.25, 0.3) is 5.91 Å². The molecule has 3 N–H and O–H groups in total. The van der Waals surface area contributed by atoms with Gasteiger partial charge in [0.2, 0.25) is 29.5 Å². The Morgan fingerprint density at radius 2 is 1.19 bits per heavy atom. The molecule has 0 bridgehead atoms. The van der Waals surface area contributed by atoms with Crippen molar-refractivity contribution in [3.63, 3.8) is 0 Å². The quantitative estimate of drug-likeness (QED) is 0.0666. The molecule has 75 heavy (non-hydrogen) atoms. The number of nitrogens with one attached hydrogen (secondary N) is 3. The predicted octanol–water partition coefficient (Wildman–Crippen LogP) is 5.97. The molecule has 2 aromatic rings. The minimum absolute atomic E-state index is 0.0228. The van der Waals surface area contributed by atoms with E-state index < -0.39 is 89.7 Å². The number of ether oxygens (including phenoxy) is 3. The normalized spacial score (nSPS) is 23.2. The van der Waals surface area contributed by atoms with Crippen molar-refractivity contribution in [3.8, 4) is 0 Å². The maximum Gasteiger partial charge on any atom is 0.329 e. The fraction of sp³-hybridized carbons (Fsp3) is 0.714. The molecule has 2 unspecified atom stereocenters. The summed E-state index contributed by atoms with van der Waals surface area (Å²) in [6, 6.07) is 0.234. The fourth-order valence-corrected chi connectivity index (χ4v) is 9.50. The summed E-state index contributed by atoms with van der Waals surface area (Å²) in [7, 11) is 5.92. The topological polar surface area (TPSA) is 224 Å². The first-order valence-electron chi connectivity index (χ1n) is 27.3. The highest BCUT2D eigenvalue weighted by atomic mass is 16.7. The van der Waals surface area contributed by atoms with Gasteiger partial charge in [-0.3, -0.25) is 33.6 Å². The summed E-state index contributed by atoms with van der Waals surface area (Å²) in [5, 5.41) is 9.59. The van der Waals surface area contributed by atoms with Gasteiger partial charge < -0.3 is 49.7 Å². The van der Waals surface area contributed by atoms with Gasteiger partial charge in [-0.25, -0.2) is 4.79 Å². The highest BCUT2D eigenvalue weighted by Gasteiger charge is 2.41. The number of esters is 2. The van der Waals surface area contributed by atoms with Gasteiger partial charge in [0.1, 0.15) is 43.4 Å². The number of cyclic esters (lactones) is 1. The number of nitrogens with zero attached hydrogens (tertiary/aromatic N) is 4. The van der Waals surface area contributed by atoms with E-state index in [1.165, 1.54) is 45.0 Å². The summed E-state index contributed by atoms with van der Waals surface area (Å²) in [4.78, 5) is 126. The lowest BCUT2D eigenvalue weighted by Crippen LogP contribution is -2.60. The molecule has 422 valence electrons. The molecule has 19 heteroatoms. The highest BCUT2D eigenvalue weighted by molar-refractivity contribution is 5.98. The molecule has 6 amide bonds. The molecule has 9 atom stereocenters. The first-order chi connectivity index (χ1) is 35.5. The highest BCUT2D eigenvalue weighted by Crippen LogP contribution is 2.26. The number of fused-ring (bicyclic) bond motifs is 1. The summed E-state index contributed by atoms with van der Waals surface area (Å²) in [5.41, 5.74) is 1.40. The van der Waals surface area contributed by atoms with E-state index in [1.807, 2.05) is 72.7 Å². The van der Waals surface area contributed by atoms with E-state index in [9.17, 15) is 28.8 Å². The number of unbranched alkanes of at least 4 members (excludes halogenated alkanes) is 2. The molecule has 1 aromatic carbocycles. The van der Waals surface area contributed by atoms with Crippen LogP contribution in [0.4, 0.5) is 0 Å². The maximum atomic E-state index is 15.2. The van der Waals surface area contributed by atoms with Gasteiger partial charge in [-0.1, -0.05) is 112 Å². The van der Waals surface area contributed by atoms with Crippen LogP contribution in [0.15, 0.2) is 30.5 Å². The summed E-state index contributed by atoms with van der Waals surface area (Å²) in [6.07, 6.45) is 5.08. The Labute approximate surface area is 446 Å². The van der Waals surface area contributed by atoms with Crippen molar-refractivity contribution >= 4 is 58.3 Å². The molecule has 19 nitrogen and oxygen atoms in total. The Balaban J connectivity index is 2.34. The number of likely N-dealkylation sites (N-methyl/N-ethyl adjacent to an activating group) is 3. The Bertz CT molecular complexity index is 2200. The molecule has 1 aromatic heterocycles. The van der Waals surface area contributed by atoms with E-state index in [4.69, 9.17) is 19.0 Å². The van der Waals surface area contributed by atoms with Gasteiger partial charge in [0.05, 0.1) is 5.52 Å². The number of aromatic nitrogens is 1. The van der Waals surface area contributed by atoms with E-state index in [2.05, 4.69) is 22.9 Å². The van der Waals surface area contributed by atoms with Crippen LogP contribution in [-0.2, 0) is 59.0 Å². The zero-order chi connectivity index (χ0) is 56.1. The lowest BCUT2D eigenvalue weighted by Gasteiger charge is -2.35. The Morgan fingerprint density at radius 1 is 0.680 bits per heavy atom. The van der Waals surface area contributed by atoms with Crippen LogP contribution in [0.25, 0.3) is 10.9 Å². The van der Waals surface area contributed by atoms with Gasteiger partial charge in [-0.15, -0.1) is 0 Å². The summed E-state index contributed by atoms with van der Waals surface area (Å²) < 4.78 is 17.8. The molecule has 1 saturated heterocycles. The molecule has 1 aliphatic heterocycles. The van der Waals surface area contributed by atoms with Crippen LogP contribution < -0.4 is 20.8 Å². The Morgan fingerprint density at radius 3 is 1.72 bits per heavy atom. The number of para-hydroxylation sites is 1. The second-order valence-corrected chi connectivity index (χ2v) is 21.4. The number of carbonyl (C=O) groups is 8. The molecule has 3 rings (SSSR count). The second kappa shape index (κ2) is 31.4. The third kappa shape index (κ3) is 19.1. The van der Waals surface area contributed by atoms with Crippen molar-refractivity contribution in [2.75, 3.05) is 41.7 Å². The molecule has 1 fully saturated rings. The molecular weight excluding hydrogens is 963 g/mol. The first kappa shape index (κ1) is 63.6. The number of amides is 6. The van der Waals surface area contributed by atoms with Crippen LogP contribution in [0.3, 0.4) is 0 Å². The first-order valence-corrected chi connectivity index (χ1v) is 27.3. The maximum absolute atomic E-state index is 15.2. The minimum atomic E-state index is -1.63. The molecular formula is C56H91N7O12. The Hall–Kier alpha value is -5.72. The van der Waals surface area contributed by atoms with Gasteiger partial charge in [-0.2, -0.15) is 4.73 Å². The average molecular weight is 1050 g/mol. The summed E-state index contributed by atoms with van der Waals surface area (Å²) in [5.74, 6) is -5.99. The lowest BCUT2D eigenvalue weighted by molar-refractivity contribution is -0.165. The summed E-state index contributed by atoms with van der Waals surface area (Å²) >= 11 is 0. The third-order valence-corrected chi connectivity index (χ3v) is 14.2. The standard InChI is InChI=1S/C56H91N7O12/c1-15-18-22-37(8)30-43-53(68)60(11)39(10)56(71)75-48(26-27-49(64)74-34-73-17-3)52(67)59-44(31-38(9)23-19-16-2)55(70)61(12)46(29-36(6)7)50(65)57-42(28-35(4)5)54(69)62(13)47(51(66)58-43)32-40-33-63(72-14)45-25-21-20-24-41(40)45/h20-21,24-25,33,35-39,42-44,46-48H,15-19,22-23,26-32,34H2,1-14H3,(H,57,65)(H,58,66)(H,59,67)/t37-,38-,39?,42+,43+,44+,46+,47+,48?/m1/s1. The van der Waals surface area contributed by atoms with Gasteiger partial charge in [0, 0.05) is 58.6 Å². The summed E-state index contributed by atoms with van der Waals surface area (Å²) in [6.45, 7) is 18.8. The van der Waals surface area contributed by atoms with Gasteiger partial charge in [0.15, 0.2) is 12.9 Å². The van der Waals surface area contributed by atoms with Crippen LogP contribution in [0.1, 0.15) is 152 Å². The van der Waals surface area contributed by atoms with Crippen molar-refractivity contribution in [2.24, 2.45) is 23.7 Å². The van der Waals surface area contributed by atoms with Crippen LogP contribution in [0, 0.1) is 23.7 Å². The fourth-order valence-electron chi connectivity index (χ4n) is 9.50. The molecule has 0 saturated carbocycles. The van der Waals surface area contributed by atoms with E-state index >= 15 is 9.59 Å². The number of hydrogen-bond donors (Lipinski definition) is 3. The number of hydrogen-bond acceptors (Lipinski definition) is 12. The predicted molar refractivity (Wildman–Crippen MR) is 287 cm³/mol. The molecule has 0 spiro atoms. The van der Waals surface area contributed by atoms with Crippen molar-refractivity contribution < 1.29 is 57.4 Å². The third-order valence-electron chi connectivity index (χ3n) is 14.2. The zero-order valence-corrected chi connectivity index (χ0v) is 47.5. The van der Waals surface area contributed by atoms with Crippen molar-refractivity contribution in [1.82, 2.24) is 35.4 Å². The monoisotopic (exact) mass is 1050 g/mol. The molecule has 0 radical (unpaired) electrons. The number of carbonyl (C=O) groups excluding carboxylic acids is 8. The molecule has 2 heterocycles. The Kier molecular flexibility index (Phi) is 26.6.